The van der Waals surface area contributed by atoms with Crippen molar-refractivity contribution in [2.45, 2.75) is 6.42 Å². The maximum Gasteiger partial charge on any atom is 0.404 e. The van der Waals surface area contributed by atoms with Crippen molar-refractivity contribution in [3.8, 4) is 11.5 Å². The van der Waals surface area contributed by atoms with Crippen molar-refractivity contribution in [2.75, 3.05) is 31.5 Å². The van der Waals surface area contributed by atoms with Gasteiger partial charge in [0, 0.05) is 24.2 Å². The molecule has 0 saturated carbocycles. The van der Waals surface area contributed by atoms with E-state index in [1.165, 1.54) is 26.4 Å². The van der Waals surface area contributed by atoms with E-state index in [-0.39, 0.29) is 46.1 Å². The number of anilines is 2. The van der Waals surface area contributed by atoms with Crippen molar-refractivity contribution in [3.05, 3.63) is 93.8 Å². The highest BCUT2D eigenvalue weighted by Crippen LogP contribution is 2.34. The van der Waals surface area contributed by atoms with Crippen LogP contribution in [0.15, 0.2) is 75.9 Å². The lowest BCUT2D eigenvalue weighted by molar-refractivity contribution is 0.0997. The van der Waals surface area contributed by atoms with E-state index in [1.807, 2.05) is 0 Å². The Bertz CT molecular complexity index is 1600. The average Bonchev–Trinajstić information content (AvgIpc) is 2.93. The number of rotatable bonds is 9. The smallest absolute Gasteiger partial charge is 0.404 e. The SMILES string of the molecule is COc1cc(NC(=O)c2cc(=O)c3ccccc3o2)c(C(=O)Nc2ccc(CCOC(N)=O)cc2)cc1OC. The molecule has 3 amide bonds. The van der Waals surface area contributed by atoms with Crippen molar-refractivity contribution in [1.29, 1.82) is 0 Å². The van der Waals surface area contributed by atoms with Gasteiger partial charge in [-0.1, -0.05) is 24.3 Å². The Labute approximate surface area is 222 Å². The first-order chi connectivity index (χ1) is 18.8. The van der Waals surface area contributed by atoms with E-state index in [9.17, 15) is 19.2 Å². The van der Waals surface area contributed by atoms with Gasteiger partial charge in [-0.15, -0.1) is 0 Å². The fraction of sp³-hybridized carbons (Fsp3) is 0.143. The topological polar surface area (TPSA) is 159 Å². The van der Waals surface area contributed by atoms with Crippen LogP contribution in [0.5, 0.6) is 11.5 Å². The molecule has 0 saturated heterocycles. The molecule has 0 unspecified atom stereocenters. The number of ether oxygens (including phenoxy) is 3. The molecule has 0 aliphatic rings. The van der Waals surface area contributed by atoms with Gasteiger partial charge in [0.1, 0.15) is 5.58 Å². The number of nitrogens with two attached hydrogens (primary N) is 1. The number of hydrogen-bond acceptors (Lipinski definition) is 8. The van der Waals surface area contributed by atoms with Crippen LogP contribution in [0, 0.1) is 0 Å². The minimum Gasteiger partial charge on any atom is -0.493 e. The van der Waals surface area contributed by atoms with Crippen LogP contribution in [0.4, 0.5) is 16.2 Å². The molecule has 0 atom stereocenters. The Kier molecular flexibility index (Phi) is 8.10. The second-order valence-corrected chi connectivity index (χ2v) is 8.25. The molecule has 0 aliphatic carbocycles. The van der Waals surface area contributed by atoms with Gasteiger partial charge < -0.3 is 35.0 Å². The highest BCUT2D eigenvalue weighted by Gasteiger charge is 2.21. The lowest BCUT2D eigenvalue weighted by Crippen LogP contribution is -2.20. The van der Waals surface area contributed by atoms with E-state index < -0.39 is 17.9 Å². The highest BCUT2D eigenvalue weighted by atomic mass is 16.5. The standard InChI is InChI=1S/C28H25N3O8/c1-36-23-13-19(26(33)30-17-9-7-16(8-10-17)11-12-38-28(29)35)20(14-24(23)37-2)31-27(34)25-15-21(32)18-5-3-4-6-22(18)39-25/h3-10,13-15H,11-12H2,1-2H3,(H2,29,35)(H,30,33)(H,31,34). The largest absolute Gasteiger partial charge is 0.493 e. The molecular formula is C28H25N3O8. The monoisotopic (exact) mass is 531 g/mol. The van der Waals surface area contributed by atoms with Crippen LogP contribution in [0.1, 0.15) is 26.5 Å². The van der Waals surface area contributed by atoms with Crippen molar-refractivity contribution in [3.63, 3.8) is 0 Å². The predicted octanol–water partition coefficient (Wildman–Crippen LogP) is 3.95. The van der Waals surface area contributed by atoms with E-state index in [0.29, 0.717) is 17.5 Å². The quantitative estimate of drug-likeness (QED) is 0.293. The summed E-state index contributed by atoms with van der Waals surface area (Å²) in [4.78, 5) is 49.5. The number of methoxy groups -OCH3 is 2. The van der Waals surface area contributed by atoms with E-state index in [4.69, 9.17) is 24.4 Å². The Balaban J connectivity index is 1.59. The molecule has 4 aromatic rings. The molecule has 1 aromatic heterocycles. The van der Waals surface area contributed by atoms with Crippen molar-refractivity contribution in [1.82, 2.24) is 0 Å². The molecule has 11 heteroatoms. The third-order valence-electron chi connectivity index (χ3n) is 5.72. The molecule has 3 aromatic carbocycles. The average molecular weight is 532 g/mol. The van der Waals surface area contributed by atoms with Gasteiger partial charge in [-0.25, -0.2) is 4.79 Å². The summed E-state index contributed by atoms with van der Waals surface area (Å²) >= 11 is 0. The lowest BCUT2D eigenvalue weighted by atomic mass is 10.1. The van der Waals surface area contributed by atoms with Crippen LogP contribution >= 0.6 is 0 Å². The van der Waals surface area contributed by atoms with Gasteiger partial charge in [0.25, 0.3) is 11.8 Å². The van der Waals surface area contributed by atoms with Gasteiger partial charge in [-0.2, -0.15) is 0 Å². The van der Waals surface area contributed by atoms with Gasteiger partial charge in [0.2, 0.25) is 0 Å². The van der Waals surface area contributed by atoms with Crippen LogP contribution in [-0.4, -0.2) is 38.7 Å². The highest BCUT2D eigenvalue weighted by molar-refractivity contribution is 6.12. The molecule has 0 aliphatic heterocycles. The lowest BCUT2D eigenvalue weighted by Gasteiger charge is -2.16. The molecule has 200 valence electrons. The third-order valence-corrected chi connectivity index (χ3v) is 5.72. The van der Waals surface area contributed by atoms with Gasteiger partial charge in [0.05, 0.1) is 37.5 Å². The van der Waals surface area contributed by atoms with Crippen LogP contribution in [0.25, 0.3) is 11.0 Å². The number of carbonyl (C=O) groups excluding carboxylic acids is 3. The first kappa shape index (κ1) is 26.7. The fourth-order valence-corrected chi connectivity index (χ4v) is 3.79. The number of para-hydroxylation sites is 1. The Morgan fingerprint density at radius 1 is 0.872 bits per heavy atom. The van der Waals surface area contributed by atoms with Crippen LogP contribution < -0.4 is 31.3 Å². The number of carbonyl (C=O) groups is 3. The van der Waals surface area contributed by atoms with Crippen LogP contribution in [-0.2, 0) is 11.2 Å². The predicted molar refractivity (Wildman–Crippen MR) is 144 cm³/mol. The second kappa shape index (κ2) is 11.8. The zero-order chi connectivity index (χ0) is 27.9. The van der Waals surface area contributed by atoms with Crippen molar-refractivity contribution in [2.24, 2.45) is 5.73 Å². The Morgan fingerprint density at radius 2 is 1.56 bits per heavy atom. The second-order valence-electron chi connectivity index (χ2n) is 8.25. The van der Waals surface area contributed by atoms with Gasteiger partial charge >= 0.3 is 6.09 Å². The van der Waals surface area contributed by atoms with Gasteiger partial charge in [0.15, 0.2) is 22.7 Å². The summed E-state index contributed by atoms with van der Waals surface area (Å²) in [6.07, 6.45) is -0.395. The molecule has 39 heavy (non-hydrogen) atoms. The first-order valence-corrected chi connectivity index (χ1v) is 11.7. The van der Waals surface area contributed by atoms with E-state index in [1.54, 1.807) is 48.5 Å². The van der Waals surface area contributed by atoms with Crippen molar-refractivity contribution >= 4 is 40.3 Å². The number of hydrogen-bond donors (Lipinski definition) is 3. The summed E-state index contributed by atoms with van der Waals surface area (Å²) in [5.74, 6) is -0.969. The molecule has 0 fully saturated rings. The maximum absolute atomic E-state index is 13.3. The number of fused-ring (bicyclic) bond motifs is 1. The summed E-state index contributed by atoms with van der Waals surface area (Å²) in [7, 11) is 2.84. The third kappa shape index (κ3) is 6.34. The summed E-state index contributed by atoms with van der Waals surface area (Å²) in [5.41, 5.74) is 6.36. The van der Waals surface area contributed by atoms with Gasteiger partial charge in [-0.3, -0.25) is 14.4 Å². The van der Waals surface area contributed by atoms with Crippen LogP contribution in [0.3, 0.4) is 0 Å². The molecule has 0 spiro atoms. The Morgan fingerprint density at radius 3 is 2.26 bits per heavy atom. The summed E-state index contributed by atoms with van der Waals surface area (Å²) in [6.45, 7) is 0.132. The molecule has 11 nitrogen and oxygen atoms in total. The van der Waals surface area contributed by atoms with Crippen LogP contribution in [0.2, 0.25) is 0 Å². The molecular weight excluding hydrogens is 506 g/mol. The number of benzene rings is 3. The zero-order valence-electron chi connectivity index (χ0n) is 21.1. The molecule has 0 radical (unpaired) electrons. The van der Waals surface area contributed by atoms with E-state index in [0.717, 1.165) is 11.6 Å². The number of nitrogens with one attached hydrogen (secondary N) is 2. The number of amides is 3. The summed E-state index contributed by atoms with van der Waals surface area (Å²) in [6, 6.07) is 17.4. The van der Waals surface area contributed by atoms with Gasteiger partial charge in [-0.05, 0) is 35.9 Å². The van der Waals surface area contributed by atoms with E-state index in [2.05, 4.69) is 10.6 Å². The fourth-order valence-electron chi connectivity index (χ4n) is 3.79. The molecule has 4 N–H and O–H groups in total. The number of primary amides is 1. The minimum absolute atomic E-state index is 0.0723. The summed E-state index contributed by atoms with van der Waals surface area (Å²) < 4.78 is 21.0. The molecule has 0 bridgehead atoms. The zero-order valence-corrected chi connectivity index (χ0v) is 21.1. The Hall–Kier alpha value is -5.32. The minimum atomic E-state index is -0.848. The molecule has 1 heterocycles. The molecule has 4 rings (SSSR count). The van der Waals surface area contributed by atoms with E-state index >= 15 is 0 Å². The maximum atomic E-state index is 13.3. The van der Waals surface area contributed by atoms with Crippen molar-refractivity contribution < 1.29 is 33.0 Å². The normalized spacial score (nSPS) is 10.5. The summed E-state index contributed by atoms with van der Waals surface area (Å²) in [5, 5.41) is 5.74. The first-order valence-electron chi connectivity index (χ1n) is 11.7.